The third-order valence-corrected chi connectivity index (χ3v) is 5.63. The van der Waals surface area contributed by atoms with E-state index in [4.69, 9.17) is 0 Å². The van der Waals surface area contributed by atoms with E-state index in [0.29, 0.717) is 24.3 Å². The Hall–Kier alpha value is -1.95. The summed E-state index contributed by atoms with van der Waals surface area (Å²) in [6.45, 7) is 7.41. The van der Waals surface area contributed by atoms with Gasteiger partial charge in [-0.1, -0.05) is 19.1 Å². The van der Waals surface area contributed by atoms with Crippen molar-refractivity contribution in [1.82, 2.24) is 5.32 Å². The molecule has 2 aliphatic carbocycles. The van der Waals surface area contributed by atoms with Crippen LogP contribution in [0, 0.1) is 17.8 Å². The Balaban J connectivity index is 2.12. The molecule has 0 aromatic carbocycles. The lowest BCUT2D eigenvalue weighted by Gasteiger charge is -2.21. The van der Waals surface area contributed by atoms with Crippen LogP contribution in [0.2, 0.25) is 0 Å². The lowest BCUT2D eigenvalue weighted by molar-refractivity contribution is -0.145. The number of allylic oxidation sites excluding steroid dienone is 2. The van der Waals surface area contributed by atoms with Crippen LogP contribution in [-0.4, -0.2) is 42.5 Å². The van der Waals surface area contributed by atoms with E-state index >= 15 is 0 Å². The number of aliphatic hydroxyl groups is 1. The number of Topliss-reactive ketones (excluding diaryl/α,β-unsaturated/α-hetero) is 1. The summed E-state index contributed by atoms with van der Waals surface area (Å²) in [5.41, 5.74) is 2.37. The molecule has 1 amide bonds. The van der Waals surface area contributed by atoms with Gasteiger partial charge in [0.15, 0.2) is 11.8 Å². The molecule has 0 spiro atoms. The first-order valence-corrected chi connectivity index (χ1v) is 8.71. The molecular weight excluding hydrogens is 322 g/mol. The molecule has 0 aromatic heterocycles. The summed E-state index contributed by atoms with van der Waals surface area (Å²) in [5, 5.41) is 11.7. The van der Waals surface area contributed by atoms with Gasteiger partial charge in [0.05, 0.1) is 13.7 Å². The Kier molecular flexibility index (Phi) is 6.16. The first kappa shape index (κ1) is 19.4. The number of fused-ring (bicyclic) bond motifs is 1. The number of amides is 1. The molecule has 2 N–H and O–H groups in total. The van der Waals surface area contributed by atoms with Gasteiger partial charge in [-0.15, -0.1) is 0 Å². The molecule has 6 heteroatoms. The van der Waals surface area contributed by atoms with Gasteiger partial charge in [0.1, 0.15) is 0 Å². The van der Waals surface area contributed by atoms with Crippen molar-refractivity contribution < 1.29 is 24.2 Å². The average molecular weight is 349 g/mol. The fourth-order valence-corrected chi connectivity index (χ4v) is 3.87. The van der Waals surface area contributed by atoms with Crippen LogP contribution >= 0.6 is 0 Å². The third-order valence-electron chi connectivity index (χ3n) is 5.63. The third kappa shape index (κ3) is 4.00. The molecule has 0 radical (unpaired) electrons. The van der Waals surface area contributed by atoms with E-state index in [0.717, 1.165) is 24.0 Å². The molecule has 0 saturated heterocycles. The van der Waals surface area contributed by atoms with Crippen molar-refractivity contribution in [2.45, 2.75) is 45.6 Å². The SMILES string of the molecule is C=C(C(=O)N[C@@H](CO)C(=O)OC)[C@H]1CCC(C)C2CC(=O)C(C)=C2C1. The van der Waals surface area contributed by atoms with Gasteiger partial charge >= 0.3 is 5.97 Å². The Labute approximate surface area is 148 Å². The second-order valence-corrected chi connectivity index (χ2v) is 7.10. The number of carbonyl (C=O) groups excluding carboxylic acids is 3. The second-order valence-electron chi connectivity index (χ2n) is 7.10. The molecule has 0 aromatic rings. The highest BCUT2D eigenvalue weighted by Crippen LogP contribution is 2.45. The first-order chi connectivity index (χ1) is 11.8. The average Bonchev–Trinajstić information content (AvgIpc) is 2.78. The zero-order chi connectivity index (χ0) is 18.7. The summed E-state index contributed by atoms with van der Waals surface area (Å²) in [7, 11) is 1.20. The molecule has 138 valence electrons. The van der Waals surface area contributed by atoms with Gasteiger partial charge in [-0.05, 0) is 49.5 Å². The molecule has 2 unspecified atom stereocenters. The molecule has 0 bridgehead atoms. The predicted octanol–water partition coefficient (Wildman–Crippen LogP) is 1.53. The molecule has 4 atom stereocenters. The first-order valence-electron chi connectivity index (χ1n) is 8.71. The van der Waals surface area contributed by atoms with E-state index < -0.39 is 24.5 Å². The second kappa shape index (κ2) is 7.95. The summed E-state index contributed by atoms with van der Waals surface area (Å²) in [5.74, 6) is -0.346. The lowest BCUT2D eigenvalue weighted by atomic mass is 9.86. The Morgan fingerprint density at radius 3 is 2.64 bits per heavy atom. The molecule has 1 saturated carbocycles. The van der Waals surface area contributed by atoms with Crippen molar-refractivity contribution >= 4 is 17.7 Å². The van der Waals surface area contributed by atoms with Crippen LogP contribution in [-0.2, 0) is 19.1 Å². The van der Waals surface area contributed by atoms with Crippen LogP contribution in [0.5, 0.6) is 0 Å². The Morgan fingerprint density at radius 2 is 2.04 bits per heavy atom. The monoisotopic (exact) mass is 349 g/mol. The van der Waals surface area contributed by atoms with Crippen molar-refractivity contribution in [1.29, 1.82) is 0 Å². The summed E-state index contributed by atoms with van der Waals surface area (Å²) < 4.78 is 4.56. The number of esters is 1. The number of hydrogen-bond donors (Lipinski definition) is 2. The van der Waals surface area contributed by atoms with Crippen LogP contribution in [0.4, 0.5) is 0 Å². The van der Waals surface area contributed by atoms with Gasteiger partial charge in [-0.3, -0.25) is 9.59 Å². The minimum Gasteiger partial charge on any atom is -0.467 e. The maximum Gasteiger partial charge on any atom is 0.330 e. The van der Waals surface area contributed by atoms with E-state index in [1.807, 2.05) is 6.92 Å². The van der Waals surface area contributed by atoms with Crippen LogP contribution in [0.1, 0.15) is 39.5 Å². The zero-order valence-corrected chi connectivity index (χ0v) is 15.1. The topological polar surface area (TPSA) is 92.7 Å². The quantitative estimate of drug-likeness (QED) is 0.580. The van der Waals surface area contributed by atoms with Gasteiger partial charge in [-0.25, -0.2) is 4.79 Å². The van der Waals surface area contributed by atoms with E-state index in [9.17, 15) is 19.5 Å². The summed E-state index contributed by atoms with van der Waals surface area (Å²) in [6.07, 6.45) is 2.96. The fourth-order valence-electron chi connectivity index (χ4n) is 3.87. The highest BCUT2D eigenvalue weighted by Gasteiger charge is 2.38. The number of methoxy groups -OCH3 is 1. The molecule has 2 rings (SSSR count). The van der Waals surface area contributed by atoms with Crippen molar-refractivity contribution in [2.75, 3.05) is 13.7 Å². The van der Waals surface area contributed by atoms with Gasteiger partial charge in [0.2, 0.25) is 5.91 Å². The minimum absolute atomic E-state index is 0.0692. The predicted molar refractivity (Wildman–Crippen MR) is 92.5 cm³/mol. The molecule has 0 heterocycles. The van der Waals surface area contributed by atoms with Gasteiger partial charge in [0.25, 0.3) is 0 Å². The summed E-state index contributed by atoms with van der Waals surface area (Å²) >= 11 is 0. The standard InChI is InChI=1S/C19H27NO5/c1-10-5-6-13(7-15-12(3)17(22)8-14(10)15)11(2)18(23)20-16(9-21)19(24)25-4/h10,13-14,16,21H,2,5-9H2,1,3-4H3,(H,20,23)/t10?,13-,14?,16-/m0/s1. The lowest BCUT2D eigenvalue weighted by Crippen LogP contribution is -2.45. The van der Waals surface area contributed by atoms with E-state index in [-0.39, 0.29) is 17.6 Å². The largest absolute Gasteiger partial charge is 0.467 e. The summed E-state index contributed by atoms with van der Waals surface area (Å²) in [4.78, 5) is 36.0. The number of rotatable bonds is 5. The van der Waals surface area contributed by atoms with Crippen molar-refractivity contribution in [3.8, 4) is 0 Å². The number of hydrogen-bond acceptors (Lipinski definition) is 5. The number of ether oxygens (including phenoxy) is 1. The van der Waals surface area contributed by atoms with E-state index in [1.165, 1.54) is 7.11 Å². The highest BCUT2D eigenvalue weighted by atomic mass is 16.5. The smallest absolute Gasteiger partial charge is 0.330 e. The van der Waals surface area contributed by atoms with E-state index in [2.05, 4.69) is 23.6 Å². The molecule has 6 nitrogen and oxygen atoms in total. The summed E-state index contributed by atoms with van der Waals surface area (Å²) in [6, 6.07) is -1.10. The van der Waals surface area contributed by atoms with Crippen molar-refractivity contribution in [2.24, 2.45) is 17.8 Å². The molecule has 25 heavy (non-hydrogen) atoms. The highest BCUT2D eigenvalue weighted by molar-refractivity contribution is 5.99. The number of nitrogens with one attached hydrogen (secondary N) is 1. The van der Waals surface area contributed by atoms with Crippen LogP contribution in [0.15, 0.2) is 23.3 Å². The van der Waals surface area contributed by atoms with Crippen molar-refractivity contribution in [3.05, 3.63) is 23.3 Å². The van der Waals surface area contributed by atoms with Crippen LogP contribution in [0.25, 0.3) is 0 Å². The maximum absolute atomic E-state index is 12.5. The number of carbonyl (C=O) groups is 3. The van der Waals surface area contributed by atoms with Gasteiger partial charge < -0.3 is 15.2 Å². The minimum atomic E-state index is -1.10. The van der Waals surface area contributed by atoms with Crippen LogP contribution in [0.3, 0.4) is 0 Å². The Morgan fingerprint density at radius 1 is 1.36 bits per heavy atom. The Bertz CT molecular complexity index is 621. The number of aliphatic hydroxyl groups excluding tert-OH is 1. The van der Waals surface area contributed by atoms with Crippen LogP contribution < -0.4 is 5.32 Å². The van der Waals surface area contributed by atoms with E-state index in [1.54, 1.807) is 0 Å². The van der Waals surface area contributed by atoms with Gasteiger partial charge in [-0.2, -0.15) is 0 Å². The molecular formula is C19H27NO5. The molecule has 2 aliphatic rings. The van der Waals surface area contributed by atoms with Gasteiger partial charge in [0, 0.05) is 12.0 Å². The zero-order valence-electron chi connectivity index (χ0n) is 15.1. The normalized spacial score (nSPS) is 27.4. The maximum atomic E-state index is 12.5. The number of ketones is 1. The molecule has 0 aliphatic heterocycles. The fraction of sp³-hybridized carbons (Fsp3) is 0.632. The molecule has 1 fully saturated rings. The van der Waals surface area contributed by atoms with Crippen molar-refractivity contribution in [3.63, 3.8) is 0 Å².